The van der Waals surface area contributed by atoms with Crippen molar-refractivity contribution in [3.63, 3.8) is 0 Å². The lowest BCUT2D eigenvalue weighted by Crippen LogP contribution is -2.34. The lowest BCUT2D eigenvalue weighted by molar-refractivity contribution is -0.117. The average Bonchev–Trinajstić information content (AvgIpc) is 2.65. The van der Waals surface area contributed by atoms with Crippen LogP contribution in [0.25, 0.3) is 0 Å². The predicted octanol–water partition coefficient (Wildman–Crippen LogP) is 3.90. The van der Waals surface area contributed by atoms with Crippen LogP contribution in [-0.4, -0.2) is 29.0 Å². The second-order valence-corrected chi connectivity index (χ2v) is 7.99. The number of hydrogen-bond donors (Lipinski definition) is 2. The average molecular weight is 371 g/mol. The van der Waals surface area contributed by atoms with E-state index >= 15 is 0 Å². The van der Waals surface area contributed by atoms with Crippen LogP contribution in [0.15, 0.2) is 46.7 Å². The van der Waals surface area contributed by atoms with Crippen LogP contribution in [0.5, 0.6) is 0 Å². The Kier molecular flexibility index (Phi) is 6.63. The second kappa shape index (κ2) is 9.14. The maximum Gasteiger partial charge on any atom is 0.224 e. The van der Waals surface area contributed by atoms with Crippen LogP contribution in [0.1, 0.15) is 31.7 Å². The molecule has 1 aliphatic heterocycles. The maximum atomic E-state index is 12.4. The monoisotopic (exact) mass is 370 g/mol. The first-order valence-electron chi connectivity index (χ1n) is 9.18. The Bertz CT molecular complexity index is 732. The fourth-order valence-electron chi connectivity index (χ4n) is 3.31. The molecule has 1 saturated heterocycles. The molecule has 0 bridgehead atoms. The zero-order valence-corrected chi connectivity index (χ0v) is 16.2. The van der Waals surface area contributed by atoms with Crippen LogP contribution >= 0.6 is 11.8 Å². The molecule has 0 spiro atoms. The first-order chi connectivity index (χ1) is 12.6. The number of amides is 1. The van der Waals surface area contributed by atoms with E-state index in [1.807, 2.05) is 19.1 Å². The molecule has 0 radical (unpaired) electrons. The molecule has 0 saturated carbocycles. The Hall–Kier alpha value is -1.92. The second-order valence-electron chi connectivity index (χ2n) is 6.95. The van der Waals surface area contributed by atoms with Gasteiger partial charge < -0.3 is 10.6 Å². The first kappa shape index (κ1) is 18.9. The number of anilines is 1. The van der Waals surface area contributed by atoms with Gasteiger partial charge in [0.15, 0.2) is 5.16 Å². The third-order valence-electron chi connectivity index (χ3n) is 4.87. The van der Waals surface area contributed by atoms with Gasteiger partial charge in [-0.05, 0) is 86.3 Å². The molecular formula is C20H26N4OS. The lowest BCUT2D eigenvalue weighted by atomic mass is 9.85. The molecule has 2 heterocycles. The molecule has 1 amide bonds. The van der Waals surface area contributed by atoms with Gasteiger partial charge >= 0.3 is 0 Å². The number of piperidine rings is 1. The molecule has 26 heavy (non-hydrogen) atoms. The Morgan fingerprint density at radius 2 is 2.19 bits per heavy atom. The number of rotatable bonds is 6. The molecule has 1 aliphatic rings. The zero-order chi connectivity index (χ0) is 18.4. The summed E-state index contributed by atoms with van der Waals surface area (Å²) in [6.45, 7) is 6.33. The molecule has 2 atom stereocenters. The Morgan fingerprint density at radius 3 is 2.88 bits per heavy atom. The number of carbonyl (C=O) groups excluding carboxylic acids is 1. The van der Waals surface area contributed by atoms with Crippen molar-refractivity contribution < 1.29 is 4.79 Å². The van der Waals surface area contributed by atoms with Gasteiger partial charge in [-0.15, -0.1) is 0 Å². The summed E-state index contributed by atoms with van der Waals surface area (Å²) in [6.07, 6.45) is 6.47. The minimum absolute atomic E-state index is 0.0953. The fourth-order valence-corrected chi connectivity index (χ4v) is 4.12. The molecule has 1 aromatic heterocycles. The molecule has 5 nitrogen and oxygen atoms in total. The standard InChI is InChI=1S/C20H26N4OS/c1-14(16-5-3-8-21-13-16)12-19(25)24-18-7-6-17(11-15(18)2)26-20-22-9-4-10-23-20/h4,6-7,9-11,14,16,21H,3,5,8,12-13H2,1-2H3,(H,24,25). The van der Waals surface area contributed by atoms with Gasteiger partial charge in [0.1, 0.15) is 0 Å². The number of carbonyl (C=O) groups is 1. The van der Waals surface area contributed by atoms with E-state index < -0.39 is 0 Å². The van der Waals surface area contributed by atoms with E-state index in [2.05, 4.69) is 33.6 Å². The Balaban J connectivity index is 1.56. The summed E-state index contributed by atoms with van der Waals surface area (Å²) in [4.78, 5) is 22.0. The summed E-state index contributed by atoms with van der Waals surface area (Å²) in [5, 5.41) is 7.22. The number of nitrogens with zero attached hydrogens (tertiary/aromatic N) is 2. The van der Waals surface area contributed by atoms with E-state index in [0.29, 0.717) is 18.3 Å². The smallest absolute Gasteiger partial charge is 0.224 e. The molecule has 1 aromatic carbocycles. The van der Waals surface area contributed by atoms with Crippen LogP contribution in [0, 0.1) is 18.8 Å². The van der Waals surface area contributed by atoms with Crippen LogP contribution in [-0.2, 0) is 4.79 Å². The van der Waals surface area contributed by atoms with Gasteiger partial charge in [-0.2, -0.15) is 0 Å². The highest BCUT2D eigenvalue weighted by molar-refractivity contribution is 7.99. The summed E-state index contributed by atoms with van der Waals surface area (Å²) in [5.74, 6) is 1.09. The highest BCUT2D eigenvalue weighted by atomic mass is 32.2. The first-order valence-corrected chi connectivity index (χ1v) is 9.99. The van der Waals surface area contributed by atoms with E-state index in [4.69, 9.17) is 0 Å². The van der Waals surface area contributed by atoms with E-state index in [9.17, 15) is 4.79 Å². The number of aromatic nitrogens is 2. The summed E-state index contributed by atoms with van der Waals surface area (Å²) in [6, 6.07) is 7.83. The van der Waals surface area contributed by atoms with Crippen molar-refractivity contribution in [2.24, 2.45) is 11.8 Å². The third-order valence-corrected chi connectivity index (χ3v) is 5.75. The summed E-state index contributed by atoms with van der Waals surface area (Å²) >= 11 is 1.52. The molecule has 138 valence electrons. The van der Waals surface area contributed by atoms with E-state index in [-0.39, 0.29) is 5.91 Å². The van der Waals surface area contributed by atoms with Gasteiger partial charge in [-0.3, -0.25) is 4.79 Å². The predicted molar refractivity (Wildman–Crippen MR) is 105 cm³/mol. The van der Waals surface area contributed by atoms with Gasteiger partial charge in [0, 0.05) is 29.4 Å². The Morgan fingerprint density at radius 1 is 1.38 bits per heavy atom. The normalized spacial score (nSPS) is 18.3. The van der Waals surface area contributed by atoms with Crippen molar-refractivity contribution in [1.29, 1.82) is 0 Å². The van der Waals surface area contributed by atoms with Crippen molar-refractivity contribution in [3.8, 4) is 0 Å². The molecule has 2 aromatic rings. The largest absolute Gasteiger partial charge is 0.326 e. The van der Waals surface area contributed by atoms with Crippen molar-refractivity contribution in [3.05, 3.63) is 42.2 Å². The minimum Gasteiger partial charge on any atom is -0.326 e. The van der Waals surface area contributed by atoms with Crippen LogP contribution < -0.4 is 10.6 Å². The highest BCUT2D eigenvalue weighted by Crippen LogP contribution is 2.28. The summed E-state index contributed by atoms with van der Waals surface area (Å²) in [5.41, 5.74) is 1.92. The molecule has 0 aliphatic carbocycles. The van der Waals surface area contributed by atoms with Crippen LogP contribution in [0.3, 0.4) is 0 Å². The van der Waals surface area contributed by atoms with Crippen molar-refractivity contribution in [2.75, 3.05) is 18.4 Å². The van der Waals surface area contributed by atoms with Crippen molar-refractivity contribution >= 4 is 23.4 Å². The SMILES string of the molecule is Cc1cc(Sc2ncccn2)ccc1NC(=O)CC(C)C1CCCNC1. The molecule has 1 fully saturated rings. The van der Waals surface area contributed by atoms with Gasteiger partial charge in [0.05, 0.1) is 0 Å². The lowest BCUT2D eigenvalue weighted by Gasteiger charge is -2.28. The molecule has 3 rings (SSSR count). The number of hydrogen-bond acceptors (Lipinski definition) is 5. The van der Waals surface area contributed by atoms with Gasteiger partial charge in [-0.1, -0.05) is 6.92 Å². The van der Waals surface area contributed by atoms with Crippen LogP contribution in [0.2, 0.25) is 0 Å². The summed E-state index contributed by atoms with van der Waals surface area (Å²) < 4.78 is 0. The number of benzene rings is 1. The molecular weight excluding hydrogens is 344 g/mol. The van der Waals surface area contributed by atoms with Gasteiger partial charge in [0.2, 0.25) is 5.91 Å². The zero-order valence-electron chi connectivity index (χ0n) is 15.4. The van der Waals surface area contributed by atoms with Crippen LogP contribution in [0.4, 0.5) is 5.69 Å². The topological polar surface area (TPSA) is 66.9 Å². The molecule has 2 N–H and O–H groups in total. The van der Waals surface area contributed by atoms with Crippen molar-refractivity contribution in [2.45, 2.75) is 43.2 Å². The maximum absolute atomic E-state index is 12.4. The van der Waals surface area contributed by atoms with E-state index in [1.54, 1.807) is 18.5 Å². The Labute approximate surface area is 159 Å². The van der Waals surface area contributed by atoms with E-state index in [0.717, 1.165) is 34.4 Å². The minimum atomic E-state index is 0.0953. The fraction of sp³-hybridized carbons (Fsp3) is 0.450. The number of nitrogens with one attached hydrogen (secondary N) is 2. The van der Waals surface area contributed by atoms with Crippen molar-refractivity contribution in [1.82, 2.24) is 15.3 Å². The molecule has 6 heteroatoms. The quantitative estimate of drug-likeness (QED) is 0.755. The number of aryl methyl sites for hydroxylation is 1. The highest BCUT2D eigenvalue weighted by Gasteiger charge is 2.22. The molecule has 2 unspecified atom stereocenters. The summed E-state index contributed by atoms with van der Waals surface area (Å²) in [7, 11) is 0. The van der Waals surface area contributed by atoms with Gasteiger partial charge in [0.25, 0.3) is 0 Å². The van der Waals surface area contributed by atoms with E-state index in [1.165, 1.54) is 24.6 Å². The third kappa shape index (κ3) is 5.29. The van der Waals surface area contributed by atoms with Gasteiger partial charge in [-0.25, -0.2) is 9.97 Å².